The van der Waals surface area contributed by atoms with Gasteiger partial charge in [-0.2, -0.15) is 0 Å². The van der Waals surface area contributed by atoms with Crippen molar-refractivity contribution >= 4 is 0 Å². The molecule has 0 N–H and O–H groups in total. The second-order valence-electron chi connectivity index (χ2n) is 9.71. The molecule has 5 heteroatoms. The van der Waals surface area contributed by atoms with Gasteiger partial charge in [0.15, 0.2) is 0 Å². The Balaban J connectivity index is 1.35. The molecule has 2 atom stereocenters. The quantitative estimate of drug-likeness (QED) is 0.514. The van der Waals surface area contributed by atoms with Crippen LogP contribution in [0, 0.1) is 0 Å². The molecule has 0 radical (unpaired) electrons. The van der Waals surface area contributed by atoms with Gasteiger partial charge >= 0.3 is 0 Å². The zero-order chi connectivity index (χ0) is 22.6. The van der Waals surface area contributed by atoms with Crippen LogP contribution in [0.4, 0.5) is 0 Å². The maximum atomic E-state index is 6.24. The van der Waals surface area contributed by atoms with E-state index in [1.54, 1.807) is 14.2 Å². The number of hydrogen-bond acceptors (Lipinski definition) is 5. The summed E-state index contributed by atoms with van der Waals surface area (Å²) in [6.07, 6.45) is 7.67. The van der Waals surface area contributed by atoms with E-state index >= 15 is 0 Å². The molecular formula is C28H38N2O3. The van der Waals surface area contributed by atoms with Gasteiger partial charge in [-0.3, -0.25) is 4.90 Å². The van der Waals surface area contributed by atoms with Crippen molar-refractivity contribution in [2.24, 2.45) is 0 Å². The molecule has 2 aromatic rings. The predicted molar refractivity (Wildman–Crippen MR) is 132 cm³/mol. The van der Waals surface area contributed by atoms with E-state index in [0.717, 1.165) is 49.9 Å². The van der Waals surface area contributed by atoms with Crippen LogP contribution in [0.15, 0.2) is 36.4 Å². The Morgan fingerprint density at radius 2 is 1.64 bits per heavy atom. The molecule has 3 aliphatic heterocycles. The average Bonchev–Trinajstić information content (AvgIpc) is 3.35. The van der Waals surface area contributed by atoms with Crippen LogP contribution < -0.4 is 14.2 Å². The number of hydrogen-bond donors (Lipinski definition) is 0. The molecule has 0 unspecified atom stereocenters. The Morgan fingerprint density at radius 3 is 2.45 bits per heavy atom. The standard InChI is InChI=1S/C28H38N2O3/c1-31-21-10-12-28(32-2)25(18-21)26-20-30-16-6-8-27(30)24-19-22(9-11-23(24)26)33-17-7-15-29-13-4-3-5-14-29/h9-12,18-19,26-27H,3-8,13-17,20H2,1-2H3/t26-,27-/m0/s1. The van der Waals surface area contributed by atoms with Gasteiger partial charge < -0.3 is 19.1 Å². The lowest BCUT2D eigenvalue weighted by Gasteiger charge is -2.38. The van der Waals surface area contributed by atoms with E-state index in [-0.39, 0.29) is 5.92 Å². The van der Waals surface area contributed by atoms with Crippen molar-refractivity contribution in [2.45, 2.75) is 50.5 Å². The number of rotatable bonds is 8. The fraction of sp³-hybridized carbons (Fsp3) is 0.571. The molecule has 0 saturated carbocycles. The summed E-state index contributed by atoms with van der Waals surface area (Å²) in [6.45, 7) is 6.64. The van der Waals surface area contributed by atoms with Crippen molar-refractivity contribution in [1.29, 1.82) is 0 Å². The minimum Gasteiger partial charge on any atom is -0.497 e. The highest BCUT2D eigenvalue weighted by Gasteiger charge is 2.37. The zero-order valence-electron chi connectivity index (χ0n) is 20.2. The summed E-state index contributed by atoms with van der Waals surface area (Å²) in [6, 6.07) is 13.4. The summed E-state index contributed by atoms with van der Waals surface area (Å²) in [5.41, 5.74) is 4.05. The van der Waals surface area contributed by atoms with Gasteiger partial charge in [-0.25, -0.2) is 0 Å². The number of piperidine rings is 1. The predicted octanol–water partition coefficient (Wildman–Crippen LogP) is 5.24. The molecule has 3 heterocycles. The van der Waals surface area contributed by atoms with Crippen LogP contribution >= 0.6 is 0 Å². The number of benzene rings is 2. The van der Waals surface area contributed by atoms with Gasteiger partial charge in [0.1, 0.15) is 17.2 Å². The third-order valence-corrected chi connectivity index (χ3v) is 7.72. The summed E-state index contributed by atoms with van der Waals surface area (Å²) < 4.78 is 17.5. The van der Waals surface area contributed by atoms with Crippen LogP contribution in [-0.4, -0.2) is 63.4 Å². The Bertz CT molecular complexity index is 941. The zero-order valence-corrected chi connectivity index (χ0v) is 20.2. The van der Waals surface area contributed by atoms with Gasteiger partial charge in [0.05, 0.1) is 20.8 Å². The molecule has 0 aromatic heterocycles. The molecule has 5 nitrogen and oxygen atoms in total. The van der Waals surface area contributed by atoms with Crippen molar-refractivity contribution < 1.29 is 14.2 Å². The summed E-state index contributed by atoms with van der Waals surface area (Å²) in [4.78, 5) is 5.23. The molecular weight excluding hydrogens is 412 g/mol. The molecule has 0 spiro atoms. The van der Waals surface area contributed by atoms with Gasteiger partial charge in [-0.15, -0.1) is 0 Å². The van der Waals surface area contributed by atoms with E-state index in [1.807, 2.05) is 12.1 Å². The van der Waals surface area contributed by atoms with Crippen molar-refractivity contribution in [3.05, 3.63) is 53.1 Å². The maximum Gasteiger partial charge on any atom is 0.122 e. The lowest BCUT2D eigenvalue weighted by Crippen LogP contribution is -2.34. The highest BCUT2D eigenvalue weighted by Crippen LogP contribution is 2.47. The lowest BCUT2D eigenvalue weighted by atomic mass is 9.81. The second kappa shape index (κ2) is 10.4. The van der Waals surface area contributed by atoms with Crippen LogP contribution in [0.25, 0.3) is 0 Å². The smallest absolute Gasteiger partial charge is 0.122 e. The second-order valence-corrected chi connectivity index (χ2v) is 9.71. The molecule has 33 heavy (non-hydrogen) atoms. The highest BCUT2D eigenvalue weighted by molar-refractivity contribution is 5.52. The molecule has 2 fully saturated rings. The lowest BCUT2D eigenvalue weighted by molar-refractivity contribution is 0.204. The van der Waals surface area contributed by atoms with Crippen LogP contribution in [0.5, 0.6) is 17.2 Å². The SMILES string of the molecule is COc1ccc(OC)c([C@H]2CN3CCC[C@H]3c3cc(OCCCN4CCCCC4)ccc32)c1. The fourth-order valence-electron chi connectivity index (χ4n) is 6.02. The number of nitrogens with zero attached hydrogens (tertiary/aromatic N) is 2. The minimum absolute atomic E-state index is 0.271. The molecule has 5 rings (SSSR count). The van der Waals surface area contributed by atoms with E-state index in [2.05, 4.69) is 34.1 Å². The highest BCUT2D eigenvalue weighted by atomic mass is 16.5. The first-order chi connectivity index (χ1) is 16.3. The van der Waals surface area contributed by atoms with E-state index in [9.17, 15) is 0 Å². The van der Waals surface area contributed by atoms with Gasteiger partial charge in [0, 0.05) is 30.6 Å². The molecule has 3 aliphatic rings. The van der Waals surface area contributed by atoms with E-state index < -0.39 is 0 Å². The Kier molecular flexibility index (Phi) is 7.07. The maximum absolute atomic E-state index is 6.24. The Labute approximate surface area is 198 Å². The largest absolute Gasteiger partial charge is 0.497 e. The van der Waals surface area contributed by atoms with E-state index in [4.69, 9.17) is 14.2 Å². The third kappa shape index (κ3) is 4.85. The molecule has 0 amide bonds. The molecule has 0 aliphatic carbocycles. The molecule has 178 valence electrons. The monoisotopic (exact) mass is 450 g/mol. The third-order valence-electron chi connectivity index (χ3n) is 7.72. The molecule has 2 saturated heterocycles. The van der Waals surface area contributed by atoms with Gasteiger partial charge in [-0.1, -0.05) is 12.5 Å². The Morgan fingerprint density at radius 1 is 0.818 bits per heavy atom. The van der Waals surface area contributed by atoms with Crippen molar-refractivity contribution in [2.75, 3.05) is 53.6 Å². The number of methoxy groups -OCH3 is 2. The van der Waals surface area contributed by atoms with Crippen LogP contribution in [0.1, 0.15) is 67.2 Å². The van der Waals surface area contributed by atoms with Gasteiger partial charge in [-0.05, 0) is 93.2 Å². The number of fused-ring (bicyclic) bond motifs is 3. The first-order valence-corrected chi connectivity index (χ1v) is 12.7. The summed E-state index contributed by atoms with van der Waals surface area (Å²) in [7, 11) is 3.49. The first-order valence-electron chi connectivity index (χ1n) is 12.7. The molecule has 2 aromatic carbocycles. The van der Waals surface area contributed by atoms with Crippen molar-refractivity contribution in [3.8, 4) is 17.2 Å². The van der Waals surface area contributed by atoms with E-state index in [1.165, 1.54) is 61.9 Å². The number of likely N-dealkylation sites (tertiary alicyclic amines) is 1. The van der Waals surface area contributed by atoms with Crippen LogP contribution in [0.2, 0.25) is 0 Å². The summed E-state index contributed by atoms with van der Waals surface area (Å²) in [5.74, 6) is 3.09. The van der Waals surface area contributed by atoms with Crippen LogP contribution in [-0.2, 0) is 0 Å². The van der Waals surface area contributed by atoms with Gasteiger partial charge in [0.2, 0.25) is 0 Å². The van der Waals surface area contributed by atoms with Crippen molar-refractivity contribution in [3.63, 3.8) is 0 Å². The minimum atomic E-state index is 0.271. The fourth-order valence-corrected chi connectivity index (χ4v) is 6.02. The summed E-state index contributed by atoms with van der Waals surface area (Å²) in [5, 5.41) is 0. The van der Waals surface area contributed by atoms with E-state index in [0.29, 0.717) is 6.04 Å². The van der Waals surface area contributed by atoms with Gasteiger partial charge in [0.25, 0.3) is 0 Å². The topological polar surface area (TPSA) is 34.2 Å². The summed E-state index contributed by atoms with van der Waals surface area (Å²) >= 11 is 0. The normalized spacial score (nSPS) is 23.1. The Hall–Kier alpha value is -2.24. The van der Waals surface area contributed by atoms with Crippen molar-refractivity contribution in [1.82, 2.24) is 9.80 Å². The number of ether oxygens (including phenoxy) is 3. The van der Waals surface area contributed by atoms with Crippen LogP contribution in [0.3, 0.4) is 0 Å². The average molecular weight is 451 g/mol. The molecule has 0 bridgehead atoms. The first kappa shape index (κ1) is 22.5.